The summed E-state index contributed by atoms with van der Waals surface area (Å²) in [6, 6.07) is -0.530. The van der Waals surface area contributed by atoms with Crippen LogP contribution in [0.15, 0.2) is 0 Å². The lowest BCUT2D eigenvalue weighted by Crippen LogP contribution is -2.52. The van der Waals surface area contributed by atoms with E-state index in [1.54, 1.807) is 11.9 Å². The maximum absolute atomic E-state index is 12.4. The number of nitrogens with one attached hydrogen (secondary N) is 1. The van der Waals surface area contributed by atoms with Crippen molar-refractivity contribution in [1.29, 1.82) is 0 Å². The molecule has 0 spiro atoms. The molecular formula is C23H48N3O3+. The molecule has 0 aliphatic heterocycles. The number of hydrogen-bond donors (Lipinski definition) is 2. The van der Waals surface area contributed by atoms with Crippen molar-refractivity contribution in [2.24, 2.45) is 0 Å². The number of unbranched alkanes of at least 4 members (excludes halogenated alkanes) is 11. The van der Waals surface area contributed by atoms with E-state index < -0.39 is 5.97 Å². The molecule has 6 nitrogen and oxygen atoms in total. The maximum Gasteiger partial charge on any atom is 0.317 e. The maximum atomic E-state index is 12.4. The molecule has 0 aliphatic rings. The number of aliphatic carboxylic acids is 1. The Kier molecular flexibility index (Phi) is 15.8. The summed E-state index contributed by atoms with van der Waals surface area (Å²) in [6.07, 6.45) is 15.5. The Morgan fingerprint density at radius 3 is 1.72 bits per heavy atom. The number of quaternary nitrogens is 1. The van der Waals surface area contributed by atoms with Gasteiger partial charge in [0.1, 0.15) is 0 Å². The van der Waals surface area contributed by atoms with Gasteiger partial charge in [-0.15, -0.1) is 0 Å². The average molecular weight is 415 g/mol. The van der Waals surface area contributed by atoms with Crippen LogP contribution in [0, 0.1) is 0 Å². The zero-order valence-corrected chi connectivity index (χ0v) is 19.8. The molecule has 0 rings (SSSR count). The van der Waals surface area contributed by atoms with Crippen molar-refractivity contribution < 1.29 is 19.2 Å². The molecule has 29 heavy (non-hydrogen) atoms. The van der Waals surface area contributed by atoms with Gasteiger partial charge >= 0.3 is 12.0 Å². The van der Waals surface area contributed by atoms with Gasteiger partial charge in [0.15, 0.2) is 0 Å². The first kappa shape index (κ1) is 27.7. The van der Waals surface area contributed by atoms with Crippen molar-refractivity contribution in [3.05, 3.63) is 0 Å². The number of rotatable bonds is 18. The molecule has 0 fully saturated rings. The largest absolute Gasteiger partial charge is 0.481 e. The fourth-order valence-corrected chi connectivity index (χ4v) is 3.61. The van der Waals surface area contributed by atoms with E-state index in [1.807, 2.05) is 21.1 Å². The standard InChI is InChI=1S/C23H47N3O3/c1-6-7-8-9-10-11-12-13-14-15-16-17-18-25(2)23(29)24-21(19-22(27)28)20-26(3,4)5/h21H,6-20H2,1-5H3,(H-,24,27,28,29)/p+1/t21-/m1/s1. The molecule has 2 N–H and O–H groups in total. The Labute approximate surface area is 179 Å². The number of amides is 2. The van der Waals surface area contributed by atoms with Crippen LogP contribution >= 0.6 is 0 Å². The van der Waals surface area contributed by atoms with Crippen LogP contribution in [0.25, 0.3) is 0 Å². The molecule has 0 aliphatic carbocycles. The summed E-state index contributed by atoms with van der Waals surface area (Å²) in [4.78, 5) is 25.1. The summed E-state index contributed by atoms with van der Waals surface area (Å²) in [5.41, 5.74) is 0. The molecular weight excluding hydrogens is 366 g/mol. The van der Waals surface area contributed by atoms with Gasteiger partial charge in [0, 0.05) is 13.6 Å². The van der Waals surface area contributed by atoms with E-state index in [4.69, 9.17) is 5.11 Å². The molecule has 0 saturated heterocycles. The van der Waals surface area contributed by atoms with Gasteiger partial charge in [-0.25, -0.2) is 4.79 Å². The number of carbonyl (C=O) groups is 2. The lowest BCUT2D eigenvalue weighted by atomic mass is 10.1. The number of urea groups is 1. The normalized spacial score (nSPS) is 12.6. The van der Waals surface area contributed by atoms with E-state index in [1.165, 1.54) is 64.2 Å². The van der Waals surface area contributed by atoms with Crippen LogP contribution in [0.4, 0.5) is 4.79 Å². The highest BCUT2D eigenvalue weighted by Crippen LogP contribution is 2.12. The lowest BCUT2D eigenvalue weighted by Gasteiger charge is -2.30. The molecule has 0 bridgehead atoms. The summed E-state index contributed by atoms with van der Waals surface area (Å²) >= 11 is 0. The van der Waals surface area contributed by atoms with Crippen molar-refractivity contribution in [1.82, 2.24) is 10.2 Å². The van der Waals surface area contributed by atoms with Crippen molar-refractivity contribution >= 4 is 12.0 Å². The summed E-state index contributed by atoms with van der Waals surface area (Å²) in [5.74, 6) is -0.882. The van der Waals surface area contributed by atoms with Gasteiger partial charge < -0.3 is 19.8 Å². The van der Waals surface area contributed by atoms with E-state index in [9.17, 15) is 9.59 Å². The smallest absolute Gasteiger partial charge is 0.317 e. The third-order valence-electron chi connectivity index (χ3n) is 5.21. The second kappa shape index (κ2) is 16.5. The highest BCUT2D eigenvalue weighted by atomic mass is 16.4. The SMILES string of the molecule is CCCCCCCCCCCCCCN(C)C(=O)N[C@H](CC(=O)O)C[N+](C)(C)C. The first-order chi connectivity index (χ1) is 13.7. The minimum absolute atomic E-state index is 0.0479. The molecule has 6 heteroatoms. The molecule has 1 atom stereocenters. The zero-order chi connectivity index (χ0) is 22.1. The fraction of sp³-hybridized carbons (Fsp3) is 0.913. The van der Waals surface area contributed by atoms with E-state index in [2.05, 4.69) is 12.2 Å². The van der Waals surface area contributed by atoms with Gasteiger partial charge in [-0.3, -0.25) is 4.79 Å². The van der Waals surface area contributed by atoms with Gasteiger partial charge in [0.2, 0.25) is 0 Å². The van der Waals surface area contributed by atoms with Crippen LogP contribution in [-0.4, -0.2) is 73.8 Å². The Hall–Kier alpha value is -1.30. The zero-order valence-electron chi connectivity index (χ0n) is 19.8. The molecule has 0 radical (unpaired) electrons. The predicted octanol–water partition coefficient (Wildman–Crippen LogP) is 4.88. The van der Waals surface area contributed by atoms with Crippen LogP contribution in [0.5, 0.6) is 0 Å². The number of likely N-dealkylation sites (N-methyl/N-ethyl adjacent to an activating group) is 1. The minimum atomic E-state index is -0.882. The summed E-state index contributed by atoms with van der Waals surface area (Å²) in [7, 11) is 7.78. The molecule has 0 aromatic heterocycles. The molecule has 2 amide bonds. The van der Waals surface area contributed by atoms with E-state index in [0.29, 0.717) is 17.6 Å². The Bertz CT molecular complexity index is 436. The highest BCUT2D eigenvalue weighted by molar-refractivity contribution is 5.75. The molecule has 0 aromatic carbocycles. The average Bonchev–Trinajstić information content (AvgIpc) is 2.60. The van der Waals surface area contributed by atoms with Gasteiger partial charge in [-0.1, -0.05) is 77.6 Å². The lowest BCUT2D eigenvalue weighted by molar-refractivity contribution is -0.871. The van der Waals surface area contributed by atoms with Gasteiger partial charge in [-0.2, -0.15) is 0 Å². The fourth-order valence-electron chi connectivity index (χ4n) is 3.61. The van der Waals surface area contributed by atoms with Gasteiger partial charge in [0.05, 0.1) is 40.2 Å². The Balaban J connectivity index is 3.83. The van der Waals surface area contributed by atoms with Gasteiger partial charge in [0.25, 0.3) is 0 Å². The first-order valence-corrected chi connectivity index (χ1v) is 11.7. The summed E-state index contributed by atoms with van der Waals surface area (Å²) < 4.78 is 0.612. The quantitative estimate of drug-likeness (QED) is 0.248. The monoisotopic (exact) mass is 414 g/mol. The third kappa shape index (κ3) is 18.5. The summed E-state index contributed by atoms with van der Waals surface area (Å²) in [6.45, 7) is 3.56. The molecule has 0 aromatic rings. The first-order valence-electron chi connectivity index (χ1n) is 11.7. The number of carboxylic acids is 1. The van der Waals surface area contributed by atoms with E-state index >= 15 is 0 Å². The number of nitrogens with zero attached hydrogens (tertiary/aromatic N) is 2. The highest BCUT2D eigenvalue weighted by Gasteiger charge is 2.23. The second-order valence-electron chi connectivity index (χ2n) is 9.53. The van der Waals surface area contributed by atoms with Crippen LogP contribution in [0.1, 0.15) is 90.4 Å². The molecule has 172 valence electrons. The Morgan fingerprint density at radius 2 is 1.31 bits per heavy atom. The molecule has 0 heterocycles. The van der Waals surface area contributed by atoms with E-state index in [0.717, 1.165) is 12.8 Å². The number of carboxylic acid groups (broad SMARTS) is 1. The van der Waals surface area contributed by atoms with Crippen LogP contribution in [0.3, 0.4) is 0 Å². The van der Waals surface area contributed by atoms with Crippen LogP contribution in [0.2, 0.25) is 0 Å². The Morgan fingerprint density at radius 1 is 0.862 bits per heavy atom. The number of carbonyl (C=O) groups excluding carboxylic acids is 1. The van der Waals surface area contributed by atoms with Crippen molar-refractivity contribution in [2.45, 2.75) is 96.4 Å². The molecule has 0 saturated carbocycles. The molecule has 0 unspecified atom stereocenters. The summed E-state index contributed by atoms with van der Waals surface area (Å²) in [5, 5.41) is 12.0. The number of hydrogen-bond acceptors (Lipinski definition) is 2. The van der Waals surface area contributed by atoms with Crippen molar-refractivity contribution in [3.8, 4) is 0 Å². The van der Waals surface area contributed by atoms with E-state index in [-0.39, 0.29) is 18.5 Å². The van der Waals surface area contributed by atoms with Gasteiger partial charge in [-0.05, 0) is 6.42 Å². The van der Waals surface area contributed by atoms with Crippen molar-refractivity contribution in [2.75, 3.05) is 41.3 Å². The van der Waals surface area contributed by atoms with Crippen LogP contribution in [-0.2, 0) is 4.79 Å². The third-order valence-corrected chi connectivity index (χ3v) is 5.21. The topological polar surface area (TPSA) is 69.6 Å². The van der Waals surface area contributed by atoms with Crippen LogP contribution < -0.4 is 5.32 Å². The second-order valence-corrected chi connectivity index (χ2v) is 9.53. The predicted molar refractivity (Wildman–Crippen MR) is 121 cm³/mol. The minimum Gasteiger partial charge on any atom is -0.481 e. The van der Waals surface area contributed by atoms with Crippen molar-refractivity contribution in [3.63, 3.8) is 0 Å².